The Balaban J connectivity index is 2.06. The van der Waals surface area contributed by atoms with E-state index in [4.69, 9.17) is 0 Å². The molecule has 3 rings (SSSR count). The average Bonchev–Trinajstić information content (AvgIpc) is 2.94. The Morgan fingerprint density at radius 3 is 2.07 bits per heavy atom. The summed E-state index contributed by atoms with van der Waals surface area (Å²) < 4.78 is 68.8. The molecule has 0 heterocycles. The van der Waals surface area contributed by atoms with E-state index in [1.807, 2.05) is 30.3 Å². The third-order valence-electron chi connectivity index (χ3n) is 6.37. The molecule has 0 fully saturated rings. The van der Waals surface area contributed by atoms with E-state index in [-0.39, 0.29) is 29.6 Å². The van der Waals surface area contributed by atoms with Crippen molar-refractivity contribution in [3.05, 3.63) is 96.1 Å². The lowest BCUT2D eigenvalue weighted by Crippen LogP contribution is -2.54. The van der Waals surface area contributed by atoms with Crippen molar-refractivity contribution in [2.24, 2.45) is 0 Å². The van der Waals surface area contributed by atoms with Gasteiger partial charge in [-0.05, 0) is 62.6 Å². The number of carbonyl (C=O) groups excluding carboxylic acids is 2. The Kier molecular flexibility index (Phi) is 10.6. The molecular formula is C30H34F3N3O4S. The van der Waals surface area contributed by atoms with Crippen LogP contribution in [0.5, 0.6) is 0 Å². The third-order valence-corrected chi connectivity index (χ3v) is 8.16. The number of sulfonamides is 1. The molecule has 0 spiro atoms. The van der Waals surface area contributed by atoms with E-state index in [1.165, 1.54) is 35.2 Å². The van der Waals surface area contributed by atoms with E-state index in [9.17, 15) is 31.2 Å². The van der Waals surface area contributed by atoms with E-state index >= 15 is 0 Å². The van der Waals surface area contributed by atoms with Crippen molar-refractivity contribution in [3.8, 4) is 0 Å². The van der Waals surface area contributed by atoms with E-state index in [1.54, 1.807) is 26.8 Å². The zero-order valence-electron chi connectivity index (χ0n) is 23.1. The molecule has 0 radical (unpaired) electrons. The van der Waals surface area contributed by atoms with Crippen molar-refractivity contribution < 1.29 is 31.2 Å². The molecule has 0 aliphatic heterocycles. The molecule has 3 aromatic carbocycles. The van der Waals surface area contributed by atoms with Crippen LogP contribution in [0.1, 0.15) is 38.3 Å². The van der Waals surface area contributed by atoms with Gasteiger partial charge in [-0.2, -0.15) is 13.2 Å². The summed E-state index contributed by atoms with van der Waals surface area (Å²) in [4.78, 5) is 28.1. The first-order valence-corrected chi connectivity index (χ1v) is 14.7. The molecule has 220 valence electrons. The number of halogens is 3. The van der Waals surface area contributed by atoms with Gasteiger partial charge in [-0.15, -0.1) is 0 Å². The van der Waals surface area contributed by atoms with Crippen LogP contribution in [0.15, 0.2) is 89.8 Å². The molecule has 0 aliphatic rings. The molecule has 0 bridgehead atoms. The summed E-state index contributed by atoms with van der Waals surface area (Å²) in [6.45, 7) is 4.58. The monoisotopic (exact) mass is 589 g/mol. The fraction of sp³-hybridized carbons (Fsp3) is 0.333. The number of hydrogen-bond acceptors (Lipinski definition) is 4. The van der Waals surface area contributed by atoms with Gasteiger partial charge in [-0.3, -0.25) is 13.9 Å². The topological polar surface area (TPSA) is 86.8 Å². The molecule has 0 saturated heterocycles. The predicted molar refractivity (Wildman–Crippen MR) is 152 cm³/mol. The fourth-order valence-corrected chi connectivity index (χ4v) is 5.79. The van der Waals surface area contributed by atoms with Crippen LogP contribution in [0.4, 0.5) is 18.9 Å². The van der Waals surface area contributed by atoms with Crippen LogP contribution >= 0.6 is 0 Å². The lowest BCUT2D eigenvalue weighted by atomic mass is 10.1. The summed E-state index contributed by atoms with van der Waals surface area (Å²) in [5, 5.41) is 2.80. The van der Waals surface area contributed by atoms with Crippen molar-refractivity contribution in [3.63, 3.8) is 0 Å². The molecular weight excluding hydrogens is 555 g/mol. The molecule has 11 heteroatoms. The molecule has 41 heavy (non-hydrogen) atoms. The minimum absolute atomic E-state index is 0.0919. The van der Waals surface area contributed by atoms with Crippen molar-refractivity contribution in [1.82, 2.24) is 10.2 Å². The number of nitrogens with one attached hydrogen (secondary N) is 1. The number of amides is 2. The summed E-state index contributed by atoms with van der Waals surface area (Å²) in [5.74, 6) is -1.12. The molecule has 0 aromatic heterocycles. The standard InChI is InChI=1S/C30H34F3N3O4S/c1-4-27(29(38)34-22(2)3)35(19-18-23-12-7-5-8-13-23)28(37)21-36(41(39,40)26-16-9-6-10-17-26)25-15-11-14-24(20-25)30(31,32)33/h5-17,20,22,27H,4,18-19,21H2,1-3H3,(H,34,38). The SMILES string of the molecule is CCC(C(=O)NC(C)C)N(CCc1ccccc1)C(=O)CN(c1cccc(C(F)(F)F)c1)S(=O)(=O)c1ccccc1. The molecule has 1 unspecified atom stereocenters. The van der Waals surface area contributed by atoms with Gasteiger partial charge in [-0.25, -0.2) is 8.42 Å². The summed E-state index contributed by atoms with van der Waals surface area (Å²) >= 11 is 0. The van der Waals surface area contributed by atoms with Crippen LogP contribution in [0.3, 0.4) is 0 Å². The van der Waals surface area contributed by atoms with Crippen LogP contribution in [0.2, 0.25) is 0 Å². The van der Waals surface area contributed by atoms with E-state index in [2.05, 4.69) is 5.32 Å². The van der Waals surface area contributed by atoms with Gasteiger partial charge in [0, 0.05) is 12.6 Å². The van der Waals surface area contributed by atoms with Crippen LogP contribution in [-0.2, 0) is 32.2 Å². The van der Waals surface area contributed by atoms with Crippen LogP contribution in [-0.4, -0.2) is 50.3 Å². The van der Waals surface area contributed by atoms with Crippen molar-refractivity contribution >= 4 is 27.5 Å². The minimum atomic E-state index is -4.73. The summed E-state index contributed by atoms with van der Waals surface area (Å²) in [7, 11) is -4.47. The summed E-state index contributed by atoms with van der Waals surface area (Å²) in [5.41, 5.74) is -0.477. The van der Waals surface area contributed by atoms with Gasteiger partial charge in [0.05, 0.1) is 16.1 Å². The maximum absolute atomic E-state index is 13.9. The van der Waals surface area contributed by atoms with Crippen molar-refractivity contribution in [1.29, 1.82) is 0 Å². The van der Waals surface area contributed by atoms with Gasteiger partial charge in [0.15, 0.2) is 0 Å². The maximum Gasteiger partial charge on any atom is 0.416 e. The van der Waals surface area contributed by atoms with Gasteiger partial charge in [-0.1, -0.05) is 61.5 Å². The molecule has 2 amide bonds. The maximum atomic E-state index is 13.9. The number of benzene rings is 3. The highest BCUT2D eigenvalue weighted by atomic mass is 32.2. The Bertz CT molecular complexity index is 1420. The van der Waals surface area contributed by atoms with Gasteiger partial charge >= 0.3 is 6.18 Å². The molecule has 7 nitrogen and oxygen atoms in total. The van der Waals surface area contributed by atoms with E-state index in [0.717, 1.165) is 17.7 Å². The van der Waals surface area contributed by atoms with E-state index in [0.29, 0.717) is 16.8 Å². The highest BCUT2D eigenvalue weighted by molar-refractivity contribution is 7.92. The second-order valence-corrected chi connectivity index (χ2v) is 11.6. The zero-order valence-corrected chi connectivity index (χ0v) is 24.0. The fourth-order valence-electron chi connectivity index (χ4n) is 4.36. The average molecular weight is 590 g/mol. The minimum Gasteiger partial charge on any atom is -0.352 e. The first kappa shape index (κ1) is 31.7. The Hall–Kier alpha value is -3.86. The Morgan fingerprint density at radius 1 is 0.902 bits per heavy atom. The van der Waals surface area contributed by atoms with Crippen LogP contribution in [0, 0.1) is 0 Å². The highest BCUT2D eigenvalue weighted by Crippen LogP contribution is 2.33. The third kappa shape index (κ3) is 8.32. The predicted octanol–water partition coefficient (Wildman–Crippen LogP) is 5.28. The van der Waals surface area contributed by atoms with Gasteiger partial charge < -0.3 is 10.2 Å². The smallest absolute Gasteiger partial charge is 0.352 e. The van der Waals surface area contributed by atoms with Crippen LogP contribution < -0.4 is 9.62 Å². The van der Waals surface area contributed by atoms with Crippen molar-refractivity contribution in [2.45, 2.75) is 56.8 Å². The number of hydrogen-bond donors (Lipinski definition) is 1. The van der Waals surface area contributed by atoms with Gasteiger partial charge in [0.1, 0.15) is 12.6 Å². The molecule has 0 aliphatic carbocycles. The van der Waals surface area contributed by atoms with E-state index < -0.39 is 46.2 Å². The molecule has 1 N–H and O–H groups in total. The van der Waals surface area contributed by atoms with Crippen molar-refractivity contribution in [2.75, 3.05) is 17.4 Å². The quantitative estimate of drug-likeness (QED) is 0.312. The lowest BCUT2D eigenvalue weighted by molar-refractivity contribution is -0.139. The second kappa shape index (κ2) is 13.7. The van der Waals surface area contributed by atoms with Crippen LogP contribution in [0.25, 0.3) is 0 Å². The van der Waals surface area contributed by atoms with Gasteiger partial charge in [0.25, 0.3) is 10.0 Å². The number of carbonyl (C=O) groups is 2. The largest absolute Gasteiger partial charge is 0.416 e. The number of anilines is 1. The first-order chi connectivity index (χ1) is 19.3. The highest BCUT2D eigenvalue weighted by Gasteiger charge is 2.35. The molecule has 1 atom stereocenters. The molecule has 0 saturated carbocycles. The second-order valence-electron chi connectivity index (χ2n) is 9.78. The normalized spacial score (nSPS) is 12.6. The molecule has 3 aromatic rings. The lowest BCUT2D eigenvalue weighted by Gasteiger charge is -2.33. The summed E-state index contributed by atoms with van der Waals surface area (Å²) in [6.07, 6.45) is -4.10. The Labute approximate surface area is 239 Å². The number of alkyl halides is 3. The number of nitrogens with zero attached hydrogens (tertiary/aromatic N) is 2. The first-order valence-electron chi connectivity index (χ1n) is 13.2. The number of rotatable bonds is 12. The Morgan fingerprint density at radius 2 is 1.51 bits per heavy atom. The summed E-state index contributed by atoms with van der Waals surface area (Å²) in [6, 6.07) is 19.1. The van der Waals surface area contributed by atoms with Gasteiger partial charge in [0.2, 0.25) is 11.8 Å². The zero-order chi connectivity index (χ0) is 30.2.